The largest absolute Gasteiger partial charge is 0.367 e. The number of anilines is 1. The SMILES string of the molecule is CC1CCN(C(=O)[C@@H]2C[C@H](N3CCc4cc(Cl)ccc43)CN2)C1. The lowest BCUT2D eigenvalue weighted by Gasteiger charge is -2.27. The van der Waals surface area contributed by atoms with Crippen LogP contribution in [0.5, 0.6) is 0 Å². The Kier molecular flexibility index (Phi) is 3.98. The summed E-state index contributed by atoms with van der Waals surface area (Å²) in [5.41, 5.74) is 2.63. The van der Waals surface area contributed by atoms with Crippen LogP contribution < -0.4 is 10.2 Å². The zero-order valence-electron chi connectivity index (χ0n) is 13.6. The number of hydrogen-bond donors (Lipinski definition) is 1. The molecule has 0 bridgehead atoms. The first-order valence-corrected chi connectivity index (χ1v) is 9.07. The van der Waals surface area contributed by atoms with Crippen molar-refractivity contribution in [2.45, 2.75) is 38.3 Å². The molecule has 1 aromatic rings. The van der Waals surface area contributed by atoms with Gasteiger partial charge in [0.25, 0.3) is 0 Å². The third-order valence-corrected chi connectivity index (χ3v) is 5.79. The summed E-state index contributed by atoms with van der Waals surface area (Å²) >= 11 is 6.10. The number of halogens is 1. The molecule has 0 radical (unpaired) electrons. The van der Waals surface area contributed by atoms with Crippen LogP contribution in [-0.4, -0.2) is 49.1 Å². The van der Waals surface area contributed by atoms with Gasteiger partial charge in [-0.05, 0) is 48.9 Å². The van der Waals surface area contributed by atoms with E-state index in [1.165, 1.54) is 11.3 Å². The van der Waals surface area contributed by atoms with Crippen LogP contribution in [0.15, 0.2) is 18.2 Å². The number of amides is 1. The highest BCUT2D eigenvalue weighted by atomic mass is 35.5. The van der Waals surface area contributed by atoms with Crippen LogP contribution in [-0.2, 0) is 11.2 Å². The molecule has 4 nitrogen and oxygen atoms in total. The predicted molar refractivity (Wildman–Crippen MR) is 93.1 cm³/mol. The third-order valence-electron chi connectivity index (χ3n) is 5.56. The molecule has 3 aliphatic rings. The lowest BCUT2D eigenvalue weighted by molar-refractivity contribution is -0.132. The molecule has 124 valence electrons. The minimum atomic E-state index is -0.0124. The van der Waals surface area contributed by atoms with E-state index in [1.54, 1.807) is 0 Å². The Hall–Kier alpha value is -1.26. The Bertz CT molecular complexity index is 620. The average Bonchev–Trinajstić information content (AvgIpc) is 3.24. The van der Waals surface area contributed by atoms with E-state index >= 15 is 0 Å². The van der Waals surface area contributed by atoms with Crippen molar-refractivity contribution in [1.29, 1.82) is 0 Å². The fourth-order valence-corrected chi connectivity index (χ4v) is 4.47. The summed E-state index contributed by atoms with van der Waals surface area (Å²) in [6, 6.07) is 6.57. The van der Waals surface area contributed by atoms with Crippen LogP contribution in [0.25, 0.3) is 0 Å². The Morgan fingerprint density at radius 2 is 2.22 bits per heavy atom. The molecule has 23 heavy (non-hydrogen) atoms. The van der Waals surface area contributed by atoms with Crippen LogP contribution in [0.2, 0.25) is 5.02 Å². The minimum absolute atomic E-state index is 0.0124. The number of nitrogens with zero attached hydrogens (tertiary/aromatic N) is 2. The van der Waals surface area contributed by atoms with E-state index in [2.05, 4.69) is 29.3 Å². The van der Waals surface area contributed by atoms with E-state index in [4.69, 9.17) is 11.6 Å². The van der Waals surface area contributed by atoms with Gasteiger partial charge in [0.05, 0.1) is 6.04 Å². The molecule has 1 aromatic carbocycles. The van der Waals surface area contributed by atoms with Crippen LogP contribution in [0.4, 0.5) is 5.69 Å². The molecule has 2 saturated heterocycles. The zero-order chi connectivity index (χ0) is 16.0. The first kappa shape index (κ1) is 15.3. The number of hydrogen-bond acceptors (Lipinski definition) is 3. The summed E-state index contributed by atoms with van der Waals surface area (Å²) in [7, 11) is 0. The van der Waals surface area contributed by atoms with E-state index in [0.717, 1.165) is 50.5 Å². The van der Waals surface area contributed by atoms with Crippen molar-refractivity contribution in [1.82, 2.24) is 10.2 Å². The second kappa shape index (κ2) is 5.99. The van der Waals surface area contributed by atoms with Gasteiger partial charge < -0.3 is 15.1 Å². The quantitative estimate of drug-likeness (QED) is 0.902. The van der Waals surface area contributed by atoms with Gasteiger partial charge in [-0.3, -0.25) is 4.79 Å². The summed E-state index contributed by atoms with van der Waals surface area (Å²) in [5.74, 6) is 0.943. The molecule has 2 fully saturated rings. The van der Waals surface area contributed by atoms with Crippen molar-refractivity contribution in [3.05, 3.63) is 28.8 Å². The highest BCUT2D eigenvalue weighted by Gasteiger charge is 2.38. The summed E-state index contributed by atoms with van der Waals surface area (Å²) in [4.78, 5) is 17.2. The summed E-state index contributed by atoms with van der Waals surface area (Å²) in [5, 5.41) is 4.27. The number of rotatable bonds is 2. The maximum Gasteiger partial charge on any atom is 0.239 e. The second-order valence-electron chi connectivity index (χ2n) is 7.24. The predicted octanol–water partition coefficient (Wildman–Crippen LogP) is 2.30. The molecular weight excluding hydrogens is 310 g/mol. The monoisotopic (exact) mass is 333 g/mol. The number of carbonyl (C=O) groups excluding carboxylic acids is 1. The molecule has 3 heterocycles. The van der Waals surface area contributed by atoms with E-state index < -0.39 is 0 Å². The van der Waals surface area contributed by atoms with Gasteiger partial charge in [0.15, 0.2) is 0 Å². The molecule has 3 atom stereocenters. The van der Waals surface area contributed by atoms with Crippen molar-refractivity contribution in [2.75, 3.05) is 31.1 Å². The number of fused-ring (bicyclic) bond motifs is 1. The molecule has 1 unspecified atom stereocenters. The van der Waals surface area contributed by atoms with Gasteiger partial charge in [-0.25, -0.2) is 0 Å². The van der Waals surface area contributed by atoms with Gasteiger partial charge in [-0.15, -0.1) is 0 Å². The van der Waals surface area contributed by atoms with Gasteiger partial charge in [0, 0.05) is 42.9 Å². The zero-order valence-corrected chi connectivity index (χ0v) is 14.4. The first-order valence-electron chi connectivity index (χ1n) is 8.69. The Morgan fingerprint density at radius 3 is 3.00 bits per heavy atom. The van der Waals surface area contributed by atoms with Gasteiger partial charge in [0.1, 0.15) is 0 Å². The minimum Gasteiger partial charge on any atom is -0.367 e. The Balaban J connectivity index is 1.43. The lowest BCUT2D eigenvalue weighted by atomic mass is 10.1. The Morgan fingerprint density at radius 1 is 1.35 bits per heavy atom. The van der Waals surface area contributed by atoms with Gasteiger partial charge >= 0.3 is 0 Å². The standard InChI is InChI=1S/C18H24ClN3O/c1-12-4-6-21(11-12)18(23)16-9-15(10-20-16)22-7-5-13-8-14(19)2-3-17(13)22/h2-3,8,12,15-16,20H,4-7,9-11H2,1H3/t12?,15-,16-/m0/s1. The second-order valence-corrected chi connectivity index (χ2v) is 7.68. The first-order chi connectivity index (χ1) is 11.1. The van der Waals surface area contributed by atoms with Crippen molar-refractivity contribution in [2.24, 2.45) is 5.92 Å². The van der Waals surface area contributed by atoms with Crippen LogP contribution >= 0.6 is 11.6 Å². The van der Waals surface area contributed by atoms with Crippen LogP contribution in [0.3, 0.4) is 0 Å². The highest BCUT2D eigenvalue weighted by Crippen LogP contribution is 2.34. The molecule has 0 saturated carbocycles. The molecule has 0 aliphatic carbocycles. The third kappa shape index (κ3) is 2.83. The molecule has 3 aliphatic heterocycles. The molecule has 5 heteroatoms. The molecule has 1 amide bonds. The number of nitrogens with one attached hydrogen (secondary N) is 1. The summed E-state index contributed by atoms with van der Waals surface area (Å²) in [6.07, 6.45) is 3.10. The van der Waals surface area contributed by atoms with Gasteiger partial charge in [-0.2, -0.15) is 0 Å². The summed E-state index contributed by atoms with van der Waals surface area (Å²) < 4.78 is 0. The fourth-order valence-electron chi connectivity index (χ4n) is 4.27. The van der Waals surface area contributed by atoms with Crippen LogP contribution in [0.1, 0.15) is 25.3 Å². The van der Waals surface area contributed by atoms with Crippen molar-refractivity contribution < 1.29 is 4.79 Å². The van der Waals surface area contributed by atoms with Crippen LogP contribution in [0, 0.1) is 5.92 Å². The smallest absolute Gasteiger partial charge is 0.239 e. The average molecular weight is 334 g/mol. The van der Waals surface area contributed by atoms with Gasteiger partial charge in [-0.1, -0.05) is 18.5 Å². The van der Waals surface area contributed by atoms with E-state index in [9.17, 15) is 4.79 Å². The van der Waals surface area contributed by atoms with E-state index in [0.29, 0.717) is 17.9 Å². The van der Waals surface area contributed by atoms with E-state index in [1.807, 2.05) is 11.0 Å². The Labute approximate surface area is 142 Å². The summed E-state index contributed by atoms with van der Waals surface area (Å²) in [6.45, 7) is 6.00. The van der Waals surface area contributed by atoms with Crippen molar-refractivity contribution in [3.63, 3.8) is 0 Å². The number of benzene rings is 1. The highest BCUT2D eigenvalue weighted by molar-refractivity contribution is 6.30. The number of carbonyl (C=O) groups is 1. The maximum absolute atomic E-state index is 12.7. The normalized spacial score (nSPS) is 30.1. The van der Waals surface area contributed by atoms with Crippen molar-refractivity contribution >= 4 is 23.2 Å². The van der Waals surface area contributed by atoms with Crippen molar-refractivity contribution in [3.8, 4) is 0 Å². The molecule has 0 spiro atoms. The number of likely N-dealkylation sites (tertiary alicyclic amines) is 1. The molecule has 1 N–H and O–H groups in total. The van der Waals surface area contributed by atoms with E-state index in [-0.39, 0.29) is 6.04 Å². The topological polar surface area (TPSA) is 35.6 Å². The molecule has 4 rings (SSSR count). The maximum atomic E-state index is 12.7. The fraction of sp³-hybridized carbons (Fsp3) is 0.611. The van der Waals surface area contributed by atoms with Gasteiger partial charge in [0.2, 0.25) is 5.91 Å². The lowest BCUT2D eigenvalue weighted by Crippen LogP contribution is -2.42. The molecular formula is C18H24ClN3O. The molecule has 0 aromatic heterocycles.